The Bertz CT molecular complexity index is 996. The molecule has 10 atom stereocenters. The van der Waals surface area contributed by atoms with Crippen molar-refractivity contribution in [1.29, 1.82) is 0 Å². The Morgan fingerprint density at radius 2 is 1.11 bits per heavy atom. The predicted molar refractivity (Wildman–Crippen MR) is 157 cm³/mol. The lowest BCUT2D eigenvalue weighted by molar-refractivity contribution is 0.201. The van der Waals surface area contributed by atoms with Crippen LogP contribution in [0, 0.1) is 41.4 Å². The summed E-state index contributed by atoms with van der Waals surface area (Å²) in [6.45, 7) is 11.0. The molecule has 4 aliphatic rings. The highest BCUT2D eigenvalue weighted by molar-refractivity contribution is 6.79. The maximum atomic E-state index is 2.83. The van der Waals surface area contributed by atoms with Crippen LogP contribution in [0.2, 0.25) is 24.7 Å². The lowest BCUT2D eigenvalue weighted by Gasteiger charge is -2.45. The molecule has 0 aromatic heterocycles. The van der Waals surface area contributed by atoms with Gasteiger partial charge in [-0.2, -0.15) is 0 Å². The second-order valence-electron chi connectivity index (χ2n) is 14.4. The van der Waals surface area contributed by atoms with E-state index in [1.807, 2.05) is 0 Å². The summed E-state index contributed by atoms with van der Waals surface area (Å²) in [5, 5.41) is 0. The van der Waals surface area contributed by atoms with E-state index < -0.39 is 8.07 Å². The van der Waals surface area contributed by atoms with Crippen LogP contribution >= 0.6 is 0 Å². The number of hydrogen-bond donors (Lipinski definition) is 0. The van der Waals surface area contributed by atoms with E-state index in [0.717, 1.165) is 58.8 Å². The minimum absolute atomic E-state index is 0.821. The summed E-state index contributed by atoms with van der Waals surface area (Å²) < 4.78 is 0. The zero-order valence-corrected chi connectivity index (χ0v) is 24.4. The van der Waals surface area contributed by atoms with E-state index >= 15 is 0 Å². The van der Waals surface area contributed by atoms with Crippen LogP contribution in [0.5, 0.6) is 0 Å². The van der Waals surface area contributed by atoms with Crippen molar-refractivity contribution in [3.63, 3.8) is 0 Å². The van der Waals surface area contributed by atoms with Crippen molar-refractivity contribution in [2.24, 2.45) is 41.4 Å². The molecule has 4 fully saturated rings. The average molecular weight is 499 g/mol. The summed E-state index contributed by atoms with van der Waals surface area (Å²) >= 11 is 0. The topological polar surface area (TPSA) is 0 Å². The summed E-state index contributed by atoms with van der Waals surface area (Å²) in [6, 6.07) is 24.8. The Balaban J connectivity index is 1.21. The molecule has 0 amide bonds. The van der Waals surface area contributed by atoms with Crippen molar-refractivity contribution in [3.8, 4) is 0 Å². The monoisotopic (exact) mass is 498 g/mol. The van der Waals surface area contributed by atoms with Gasteiger partial charge in [-0.25, -0.2) is 0 Å². The molecule has 4 aliphatic carbocycles. The molecule has 4 saturated carbocycles. The number of benzene rings is 2. The van der Waals surface area contributed by atoms with Crippen LogP contribution in [0.1, 0.15) is 88.2 Å². The van der Waals surface area contributed by atoms with Gasteiger partial charge in [-0.05, 0) is 102 Å². The van der Waals surface area contributed by atoms with E-state index in [-0.39, 0.29) is 0 Å². The van der Waals surface area contributed by atoms with E-state index in [0.29, 0.717) is 0 Å². The maximum Gasteiger partial charge on any atom is 0.0513 e. The zero-order valence-electron chi connectivity index (χ0n) is 23.4. The van der Waals surface area contributed by atoms with E-state index in [1.54, 1.807) is 17.2 Å². The molecule has 0 spiro atoms. The van der Waals surface area contributed by atoms with Gasteiger partial charge in [0.05, 0.1) is 8.07 Å². The minimum atomic E-state index is -1.36. The van der Waals surface area contributed by atoms with Crippen LogP contribution in [0.15, 0.2) is 60.7 Å². The number of rotatable bonds is 5. The Morgan fingerprint density at radius 3 is 1.69 bits per heavy atom. The average Bonchev–Trinajstić information content (AvgIpc) is 3.40. The van der Waals surface area contributed by atoms with Gasteiger partial charge in [0, 0.05) is 0 Å². The first kappa shape index (κ1) is 25.0. The highest BCUT2D eigenvalue weighted by Gasteiger charge is 2.54. The van der Waals surface area contributed by atoms with Crippen LogP contribution in [0.3, 0.4) is 0 Å². The summed E-state index contributed by atoms with van der Waals surface area (Å²) in [6.07, 6.45) is 11.8. The first-order valence-corrected chi connectivity index (χ1v) is 18.8. The molecule has 6 rings (SSSR count). The van der Waals surface area contributed by atoms with Gasteiger partial charge in [0.1, 0.15) is 0 Å². The Labute approximate surface area is 222 Å². The molecule has 0 aliphatic heterocycles. The van der Waals surface area contributed by atoms with Gasteiger partial charge in [-0.15, -0.1) is 0 Å². The van der Waals surface area contributed by atoms with E-state index in [1.165, 1.54) is 51.4 Å². The van der Waals surface area contributed by atoms with Gasteiger partial charge in [0.2, 0.25) is 0 Å². The molecule has 2 aromatic rings. The van der Waals surface area contributed by atoms with Crippen LogP contribution in [0.4, 0.5) is 0 Å². The quantitative estimate of drug-likeness (QED) is 0.360. The van der Waals surface area contributed by atoms with Crippen LogP contribution < -0.4 is 0 Å². The predicted octanol–water partition coefficient (Wildman–Crippen LogP) is 10.2. The largest absolute Gasteiger partial charge is 0.0691 e. The lowest BCUT2D eigenvalue weighted by atomic mass is 9.69. The zero-order chi connectivity index (χ0) is 24.9. The van der Waals surface area contributed by atoms with Gasteiger partial charge in [-0.1, -0.05) is 113 Å². The fourth-order valence-electron chi connectivity index (χ4n) is 11.0. The molecule has 194 valence electrons. The Hall–Kier alpha value is -1.34. The molecule has 36 heavy (non-hydrogen) atoms. The van der Waals surface area contributed by atoms with Gasteiger partial charge in [-0.3, -0.25) is 0 Å². The fraction of sp³-hybridized carbons (Fsp3) is 0.657. The van der Waals surface area contributed by atoms with Crippen LogP contribution in [-0.4, -0.2) is 8.07 Å². The smallest absolute Gasteiger partial charge is 0.0513 e. The summed E-state index contributed by atoms with van der Waals surface area (Å²) in [4.78, 5) is 0. The first-order chi connectivity index (χ1) is 17.4. The summed E-state index contributed by atoms with van der Waals surface area (Å²) in [7, 11) is -1.36. The lowest BCUT2D eigenvalue weighted by Crippen LogP contribution is -2.42. The molecule has 0 saturated heterocycles. The summed E-state index contributed by atoms with van der Waals surface area (Å²) in [5.74, 6) is 8.36. The van der Waals surface area contributed by atoms with E-state index in [9.17, 15) is 0 Å². The molecule has 10 unspecified atom stereocenters. The maximum absolute atomic E-state index is 2.83. The van der Waals surface area contributed by atoms with Crippen molar-refractivity contribution in [3.05, 3.63) is 71.8 Å². The number of fused-ring (bicyclic) bond motifs is 2. The highest BCUT2D eigenvalue weighted by atomic mass is 28.3. The van der Waals surface area contributed by atoms with E-state index in [4.69, 9.17) is 0 Å². The molecule has 0 nitrogen and oxygen atoms in total. The SMILES string of the molecule is CC1CC2C(c3ccccc3)CCCC2C1C[Si](C)(C)C1C(C)CC2C(c3ccccc3)CCCC21. The van der Waals surface area contributed by atoms with Gasteiger partial charge >= 0.3 is 0 Å². The van der Waals surface area contributed by atoms with Gasteiger partial charge in [0.25, 0.3) is 0 Å². The third-order valence-electron chi connectivity index (χ3n) is 12.0. The first-order valence-electron chi connectivity index (χ1n) is 15.5. The fourth-order valence-corrected chi connectivity index (χ4v) is 16.4. The van der Waals surface area contributed by atoms with Crippen LogP contribution in [0.25, 0.3) is 0 Å². The summed E-state index contributed by atoms with van der Waals surface area (Å²) in [5.41, 5.74) is 4.31. The van der Waals surface area contributed by atoms with Crippen molar-refractivity contribution in [2.75, 3.05) is 0 Å². The molecule has 2 aromatic carbocycles. The third kappa shape index (κ3) is 4.46. The second-order valence-corrected chi connectivity index (χ2v) is 19.4. The minimum Gasteiger partial charge on any atom is -0.0691 e. The molecule has 0 heterocycles. The van der Waals surface area contributed by atoms with Crippen molar-refractivity contribution in [1.82, 2.24) is 0 Å². The Morgan fingerprint density at radius 1 is 0.611 bits per heavy atom. The highest BCUT2D eigenvalue weighted by Crippen LogP contribution is 2.63. The molecule has 0 radical (unpaired) electrons. The van der Waals surface area contributed by atoms with Gasteiger partial charge < -0.3 is 0 Å². The van der Waals surface area contributed by atoms with E-state index in [2.05, 4.69) is 87.6 Å². The molecule has 0 bridgehead atoms. The van der Waals surface area contributed by atoms with Crippen molar-refractivity contribution < 1.29 is 0 Å². The molecular weight excluding hydrogens is 448 g/mol. The molecular formula is C35H50Si. The molecule has 0 N–H and O–H groups in total. The van der Waals surface area contributed by atoms with Crippen molar-refractivity contribution in [2.45, 2.75) is 102 Å². The second kappa shape index (κ2) is 10.1. The van der Waals surface area contributed by atoms with Crippen LogP contribution in [-0.2, 0) is 0 Å². The standard InChI is InChI=1S/C35H50Si/c1-24-21-32-28(26-13-7-5-8-14-26)17-11-19-30(32)34(24)23-36(3,4)35-25(2)22-33-29(18-12-20-31(33)35)27-15-9-6-10-16-27/h5-10,13-16,24-25,28-35H,11-12,17-23H2,1-4H3. The normalized spacial score (nSPS) is 40.6. The van der Waals surface area contributed by atoms with Crippen molar-refractivity contribution >= 4 is 8.07 Å². The Kier molecular flexibility index (Phi) is 6.99. The number of hydrogen-bond acceptors (Lipinski definition) is 0. The third-order valence-corrected chi connectivity index (χ3v) is 16.3. The molecule has 1 heteroatoms. The van der Waals surface area contributed by atoms with Gasteiger partial charge in [0.15, 0.2) is 0 Å².